The van der Waals surface area contributed by atoms with Crippen molar-refractivity contribution >= 4 is 15.7 Å². The van der Waals surface area contributed by atoms with Crippen molar-refractivity contribution in [1.82, 2.24) is 0 Å². The lowest BCUT2D eigenvalue weighted by Crippen LogP contribution is -2.17. The Labute approximate surface area is 82.5 Å². The molecule has 0 aliphatic rings. The molecule has 0 saturated heterocycles. The van der Waals surface area contributed by atoms with Crippen molar-refractivity contribution in [3.63, 3.8) is 0 Å². The van der Waals surface area contributed by atoms with Crippen LogP contribution in [0.5, 0.6) is 0 Å². The normalized spacial score (nSPS) is 11.4. The summed E-state index contributed by atoms with van der Waals surface area (Å²) in [6.07, 6.45) is 0. The van der Waals surface area contributed by atoms with Crippen molar-refractivity contribution in [2.75, 3.05) is 0 Å². The minimum Gasteiger partial charge on any atom is -0.258 e. The number of nitro benzene ring substituents is 1. The van der Waals surface area contributed by atoms with Crippen LogP contribution < -0.4 is 5.14 Å². The third-order valence-electron chi connectivity index (χ3n) is 1.51. The SMILES string of the molecule is NS(=O)(=O)c1c(F)ccc([N+](=O)[O-])c1F. The molecule has 1 aromatic carbocycles. The van der Waals surface area contributed by atoms with Crippen LogP contribution in [0.4, 0.5) is 14.5 Å². The van der Waals surface area contributed by atoms with Crippen LogP contribution >= 0.6 is 0 Å². The summed E-state index contributed by atoms with van der Waals surface area (Å²) in [5.74, 6) is -3.27. The highest BCUT2D eigenvalue weighted by molar-refractivity contribution is 7.89. The molecule has 9 heteroatoms. The maximum atomic E-state index is 13.1. The van der Waals surface area contributed by atoms with Gasteiger partial charge in [-0.3, -0.25) is 10.1 Å². The number of benzene rings is 1. The molecule has 0 aliphatic heterocycles. The second kappa shape index (κ2) is 3.51. The highest BCUT2D eigenvalue weighted by Crippen LogP contribution is 2.25. The van der Waals surface area contributed by atoms with E-state index >= 15 is 0 Å². The highest BCUT2D eigenvalue weighted by atomic mass is 32.2. The van der Waals surface area contributed by atoms with Crippen LogP contribution in [0.2, 0.25) is 0 Å². The van der Waals surface area contributed by atoms with Crippen LogP contribution in [0.25, 0.3) is 0 Å². The van der Waals surface area contributed by atoms with E-state index in [1.165, 1.54) is 0 Å². The molecule has 0 aliphatic carbocycles. The number of hydrogen-bond donors (Lipinski definition) is 1. The van der Waals surface area contributed by atoms with Crippen LogP contribution in [0, 0.1) is 21.7 Å². The molecular weight excluding hydrogens is 234 g/mol. The number of sulfonamides is 1. The Bertz CT molecular complexity index is 528. The number of nitrogens with two attached hydrogens (primary N) is 1. The average molecular weight is 238 g/mol. The van der Waals surface area contributed by atoms with Gasteiger partial charge in [0.05, 0.1) is 4.92 Å². The van der Waals surface area contributed by atoms with Crippen LogP contribution in [0.3, 0.4) is 0 Å². The predicted molar refractivity (Wildman–Crippen MR) is 44.4 cm³/mol. The van der Waals surface area contributed by atoms with Gasteiger partial charge in [0.2, 0.25) is 15.8 Å². The van der Waals surface area contributed by atoms with E-state index < -0.39 is 37.2 Å². The maximum absolute atomic E-state index is 13.1. The molecule has 0 bridgehead atoms. The summed E-state index contributed by atoms with van der Waals surface area (Å²) >= 11 is 0. The van der Waals surface area contributed by atoms with E-state index in [0.717, 1.165) is 0 Å². The lowest BCUT2D eigenvalue weighted by atomic mass is 10.3. The van der Waals surface area contributed by atoms with E-state index in [2.05, 4.69) is 5.14 Å². The standard InChI is InChI=1S/C6H4F2N2O4S/c7-3-1-2-4(10(11)12)5(8)6(3)15(9,13)14/h1-2H,(H2,9,13,14). The van der Waals surface area contributed by atoms with E-state index in [9.17, 15) is 27.3 Å². The van der Waals surface area contributed by atoms with Gasteiger partial charge < -0.3 is 0 Å². The molecule has 1 rings (SSSR count). The number of nitro groups is 1. The Morgan fingerprint density at radius 1 is 1.33 bits per heavy atom. The van der Waals surface area contributed by atoms with Crippen molar-refractivity contribution in [2.24, 2.45) is 5.14 Å². The molecule has 15 heavy (non-hydrogen) atoms. The van der Waals surface area contributed by atoms with Gasteiger partial charge in [0, 0.05) is 6.07 Å². The van der Waals surface area contributed by atoms with Crippen LogP contribution in [-0.4, -0.2) is 13.3 Å². The first-order valence-corrected chi connectivity index (χ1v) is 4.95. The molecule has 0 amide bonds. The molecule has 0 aromatic heterocycles. The van der Waals surface area contributed by atoms with Gasteiger partial charge >= 0.3 is 5.69 Å². The number of rotatable bonds is 2. The van der Waals surface area contributed by atoms with Crippen molar-refractivity contribution < 1.29 is 22.1 Å². The minimum absolute atomic E-state index is 0.459. The summed E-state index contributed by atoms with van der Waals surface area (Å²) < 4.78 is 47.5. The molecule has 2 N–H and O–H groups in total. The van der Waals surface area contributed by atoms with Gasteiger partial charge in [0.15, 0.2) is 4.90 Å². The predicted octanol–water partition coefficient (Wildman–Crippen LogP) is 0.520. The van der Waals surface area contributed by atoms with Gasteiger partial charge in [-0.25, -0.2) is 17.9 Å². The van der Waals surface area contributed by atoms with Crippen molar-refractivity contribution in [3.05, 3.63) is 33.9 Å². The maximum Gasteiger partial charge on any atom is 0.306 e. The molecular formula is C6H4F2N2O4S. The number of halogens is 2. The third kappa shape index (κ3) is 2.07. The Morgan fingerprint density at radius 3 is 2.27 bits per heavy atom. The van der Waals surface area contributed by atoms with E-state index in [0.29, 0.717) is 12.1 Å². The van der Waals surface area contributed by atoms with Gasteiger partial charge in [-0.05, 0) is 6.07 Å². The third-order valence-corrected chi connectivity index (χ3v) is 2.45. The number of primary sulfonamides is 1. The Kier molecular flexibility index (Phi) is 2.69. The summed E-state index contributed by atoms with van der Waals surface area (Å²) in [6, 6.07) is 0.973. The second-order valence-electron chi connectivity index (χ2n) is 2.51. The van der Waals surface area contributed by atoms with Gasteiger partial charge in [0.25, 0.3) is 0 Å². The number of hydrogen-bond acceptors (Lipinski definition) is 4. The van der Waals surface area contributed by atoms with Crippen LogP contribution in [0.15, 0.2) is 17.0 Å². The largest absolute Gasteiger partial charge is 0.306 e. The minimum atomic E-state index is -4.67. The highest BCUT2D eigenvalue weighted by Gasteiger charge is 2.27. The molecule has 6 nitrogen and oxygen atoms in total. The van der Waals surface area contributed by atoms with Gasteiger partial charge in [-0.15, -0.1) is 0 Å². The van der Waals surface area contributed by atoms with Gasteiger partial charge in [-0.1, -0.05) is 0 Å². The van der Waals surface area contributed by atoms with E-state index in [1.54, 1.807) is 0 Å². The monoisotopic (exact) mass is 238 g/mol. The van der Waals surface area contributed by atoms with Crippen LogP contribution in [0.1, 0.15) is 0 Å². The molecule has 0 heterocycles. The van der Waals surface area contributed by atoms with Gasteiger partial charge in [0.1, 0.15) is 5.82 Å². The Balaban J connectivity index is 3.66. The topological polar surface area (TPSA) is 103 Å². The lowest BCUT2D eigenvalue weighted by molar-refractivity contribution is -0.387. The Morgan fingerprint density at radius 2 is 1.87 bits per heavy atom. The Hall–Kier alpha value is -1.61. The van der Waals surface area contributed by atoms with Crippen molar-refractivity contribution in [2.45, 2.75) is 4.90 Å². The zero-order chi connectivity index (χ0) is 11.8. The molecule has 0 radical (unpaired) electrons. The number of nitrogens with zero attached hydrogens (tertiary/aromatic N) is 1. The van der Waals surface area contributed by atoms with E-state index in [-0.39, 0.29) is 0 Å². The second-order valence-corrected chi connectivity index (χ2v) is 4.01. The summed E-state index contributed by atoms with van der Waals surface area (Å²) in [5.41, 5.74) is -1.15. The van der Waals surface area contributed by atoms with E-state index in [1.807, 2.05) is 0 Å². The molecule has 82 valence electrons. The summed E-state index contributed by atoms with van der Waals surface area (Å²) in [6.45, 7) is 0. The zero-order valence-corrected chi connectivity index (χ0v) is 7.79. The van der Waals surface area contributed by atoms with Crippen LogP contribution in [-0.2, 0) is 10.0 Å². The molecule has 0 saturated carbocycles. The zero-order valence-electron chi connectivity index (χ0n) is 6.98. The van der Waals surface area contributed by atoms with Crippen molar-refractivity contribution in [3.8, 4) is 0 Å². The first kappa shape index (κ1) is 11.5. The summed E-state index contributed by atoms with van der Waals surface area (Å²) in [7, 11) is -4.67. The molecule has 0 atom stereocenters. The fraction of sp³-hybridized carbons (Fsp3) is 0. The molecule has 1 aromatic rings. The summed E-state index contributed by atoms with van der Waals surface area (Å²) in [4.78, 5) is 7.54. The fourth-order valence-electron chi connectivity index (χ4n) is 0.924. The quantitative estimate of drug-likeness (QED) is 0.599. The fourth-order valence-corrected chi connectivity index (χ4v) is 1.62. The first-order chi connectivity index (χ1) is 6.75. The summed E-state index contributed by atoms with van der Waals surface area (Å²) in [5, 5.41) is 14.7. The van der Waals surface area contributed by atoms with Crippen molar-refractivity contribution in [1.29, 1.82) is 0 Å². The molecule has 0 unspecified atom stereocenters. The first-order valence-electron chi connectivity index (χ1n) is 3.40. The van der Waals surface area contributed by atoms with Gasteiger partial charge in [-0.2, -0.15) is 4.39 Å². The molecule has 0 spiro atoms. The lowest BCUT2D eigenvalue weighted by Gasteiger charge is -2.01. The smallest absolute Gasteiger partial charge is 0.258 e. The van der Waals surface area contributed by atoms with E-state index in [4.69, 9.17) is 0 Å². The average Bonchev–Trinajstić information content (AvgIpc) is 2.00. The molecule has 0 fully saturated rings.